The summed E-state index contributed by atoms with van der Waals surface area (Å²) in [7, 11) is 0. The molecule has 1 aromatic rings. The maximum Gasteiger partial charge on any atom is 0.124 e. The Balaban J connectivity index is 1.95. The third-order valence-electron chi connectivity index (χ3n) is 4.06. The summed E-state index contributed by atoms with van der Waals surface area (Å²) in [6.07, 6.45) is 3.13. The lowest BCUT2D eigenvalue weighted by molar-refractivity contribution is 0.0903. The number of fused-ring (bicyclic) bond motifs is 1. The molecule has 22 heavy (non-hydrogen) atoms. The normalized spacial score (nSPS) is 17.9. The standard InChI is InChI=1S/C18H29NO3/c1-14(2)15-6-7-18-16(13-15)17(5-3-11-22-18)19-8-4-10-21-12-9-20/h6-7,13-14,17,19-20H,3-5,8-12H2,1-2H3. The maximum absolute atomic E-state index is 8.68. The molecule has 0 saturated carbocycles. The Bertz CT molecular complexity index is 448. The van der Waals surface area contributed by atoms with Gasteiger partial charge in [-0.05, 0) is 43.4 Å². The van der Waals surface area contributed by atoms with Crippen LogP contribution in [0.4, 0.5) is 0 Å². The first-order chi connectivity index (χ1) is 10.7. The average Bonchev–Trinajstić information content (AvgIpc) is 2.72. The highest BCUT2D eigenvalue weighted by atomic mass is 16.5. The molecule has 0 aliphatic carbocycles. The lowest BCUT2D eigenvalue weighted by atomic mass is 9.95. The van der Waals surface area contributed by atoms with Crippen molar-refractivity contribution < 1.29 is 14.6 Å². The zero-order chi connectivity index (χ0) is 15.8. The summed E-state index contributed by atoms with van der Waals surface area (Å²) in [6, 6.07) is 6.95. The van der Waals surface area contributed by atoms with E-state index in [1.165, 1.54) is 11.1 Å². The smallest absolute Gasteiger partial charge is 0.124 e. The predicted octanol–water partition coefficient (Wildman–Crippen LogP) is 3.01. The molecule has 0 radical (unpaired) electrons. The Labute approximate surface area is 133 Å². The third-order valence-corrected chi connectivity index (χ3v) is 4.06. The van der Waals surface area contributed by atoms with Gasteiger partial charge in [0.15, 0.2) is 0 Å². The van der Waals surface area contributed by atoms with Gasteiger partial charge in [-0.25, -0.2) is 0 Å². The van der Waals surface area contributed by atoms with Crippen LogP contribution in [-0.2, 0) is 4.74 Å². The van der Waals surface area contributed by atoms with Crippen molar-refractivity contribution in [1.82, 2.24) is 5.32 Å². The molecule has 1 aromatic carbocycles. The van der Waals surface area contributed by atoms with Crippen LogP contribution in [0, 0.1) is 0 Å². The number of hydrogen-bond donors (Lipinski definition) is 2. The average molecular weight is 307 g/mol. The largest absolute Gasteiger partial charge is 0.493 e. The molecule has 0 fully saturated rings. The van der Waals surface area contributed by atoms with Gasteiger partial charge in [0.2, 0.25) is 0 Å². The third kappa shape index (κ3) is 4.97. The van der Waals surface area contributed by atoms with Gasteiger partial charge in [-0.3, -0.25) is 0 Å². The van der Waals surface area contributed by atoms with Crippen molar-refractivity contribution in [2.45, 2.75) is 45.1 Å². The summed E-state index contributed by atoms with van der Waals surface area (Å²) in [5.41, 5.74) is 2.65. The van der Waals surface area contributed by atoms with Crippen molar-refractivity contribution in [3.8, 4) is 5.75 Å². The van der Waals surface area contributed by atoms with E-state index >= 15 is 0 Å². The lowest BCUT2D eigenvalue weighted by Gasteiger charge is -2.20. The van der Waals surface area contributed by atoms with Crippen LogP contribution in [0.1, 0.15) is 56.2 Å². The van der Waals surface area contributed by atoms with Crippen LogP contribution < -0.4 is 10.1 Å². The van der Waals surface area contributed by atoms with Gasteiger partial charge < -0.3 is 19.9 Å². The van der Waals surface area contributed by atoms with Gasteiger partial charge in [0.05, 0.1) is 19.8 Å². The van der Waals surface area contributed by atoms with Crippen LogP contribution in [0.3, 0.4) is 0 Å². The zero-order valence-corrected chi connectivity index (χ0v) is 13.8. The van der Waals surface area contributed by atoms with Gasteiger partial charge in [0.25, 0.3) is 0 Å². The number of ether oxygens (including phenoxy) is 2. The van der Waals surface area contributed by atoms with E-state index in [1.54, 1.807) is 0 Å². The van der Waals surface area contributed by atoms with Crippen molar-refractivity contribution in [3.63, 3.8) is 0 Å². The Kier molecular flexibility index (Phi) is 7.16. The second-order valence-electron chi connectivity index (χ2n) is 6.14. The first kappa shape index (κ1) is 17.3. The summed E-state index contributed by atoms with van der Waals surface area (Å²) in [6.45, 7) is 7.37. The fourth-order valence-electron chi connectivity index (χ4n) is 2.78. The van der Waals surface area contributed by atoms with E-state index in [0.717, 1.165) is 38.2 Å². The minimum Gasteiger partial charge on any atom is -0.493 e. The number of aliphatic hydroxyl groups excluding tert-OH is 1. The molecular weight excluding hydrogens is 278 g/mol. The first-order valence-corrected chi connectivity index (χ1v) is 8.41. The van der Waals surface area contributed by atoms with Crippen LogP contribution in [-0.4, -0.2) is 38.1 Å². The topological polar surface area (TPSA) is 50.7 Å². The summed E-state index contributed by atoms with van der Waals surface area (Å²) >= 11 is 0. The molecule has 1 aliphatic heterocycles. The van der Waals surface area contributed by atoms with E-state index in [4.69, 9.17) is 14.6 Å². The van der Waals surface area contributed by atoms with Crippen LogP contribution in [0.25, 0.3) is 0 Å². The van der Waals surface area contributed by atoms with Crippen LogP contribution in [0.2, 0.25) is 0 Å². The zero-order valence-electron chi connectivity index (χ0n) is 13.8. The fourth-order valence-corrected chi connectivity index (χ4v) is 2.78. The molecule has 1 atom stereocenters. The molecule has 0 spiro atoms. The number of benzene rings is 1. The molecular formula is C18H29NO3. The van der Waals surface area contributed by atoms with E-state index in [-0.39, 0.29) is 6.61 Å². The molecule has 124 valence electrons. The van der Waals surface area contributed by atoms with Crippen LogP contribution in [0.15, 0.2) is 18.2 Å². The van der Waals surface area contributed by atoms with E-state index < -0.39 is 0 Å². The summed E-state index contributed by atoms with van der Waals surface area (Å²) < 4.78 is 11.2. The number of rotatable bonds is 8. The van der Waals surface area contributed by atoms with Crippen molar-refractivity contribution in [1.29, 1.82) is 0 Å². The lowest BCUT2D eigenvalue weighted by Crippen LogP contribution is -2.23. The summed E-state index contributed by atoms with van der Waals surface area (Å²) in [5.74, 6) is 1.55. The molecule has 2 rings (SSSR count). The Morgan fingerprint density at radius 2 is 2.23 bits per heavy atom. The quantitative estimate of drug-likeness (QED) is 0.725. The van der Waals surface area contributed by atoms with E-state index in [9.17, 15) is 0 Å². The molecule has 1 heterocycles. The van der Waals surface area contributed by atoms with Crippen molar-refractivity contribution in [2.24, 2.45) is 0 Å². The van der Waals surface area contributed by atoms with Crippen LogP contribution >= 0.6 is 0 Å². The molecule has 0 aromatic heterocycles. The first-order valence-electron chi connectivity index (χ1n) is 8.41. The molecule has 1 aliphatic rings. The summed E-state index contributed by atoms with van der Waals surface area (Å²) in [4.78, 5) is 0. The number of aliphatic hydroxyl groups is 1. The fraction of sp³-hybridized carbons (Fsp3) is 0.667. The highest BCUT2D eigenvalue weighted by Crippen LogP contribution is 2.33. The highest BCUT2D eigenvalue weighted by molar-refractivity contribution is 5.41. The second-order valence-corrected chi connectivity index (χ2v) is 6.14. The van der Waals surface area contributed by atoms with E-state index in [1.807, 2.05) is 0 Å². The van der Waals surface area contributed by atoms with Crippen molar-refractivity contribution in [3.05, 3.63) is 29.3 Å². The molecule has 0 bridgehead atoms. The molecule has 4 heteroatoms. The van der Waals surface area contributed by atoms with Gasteiger partial charge in [-0.15, -0.1) is 0 Å². The van der Waals surface area contributed by atoms with Gasteiger partial charge in [0.1, 0.15) is 5.75 Å². The van der Waals surface area contributed by atoms with E-state index in [0.29, 0.717) is 25.2 Å². The predicted molar refractivity (Wildman–Crippen MR) is 88.5 cm³/mol. The van der Waals surface area contributed by atoms with Crippen molar-refractivity contribution in [2.75, 3.05) is 33.0 Å². The number of hydrogen-bond acceptors (Lipinski definition) is 4. The highest BCUT2D eigenvalue weighted by Gasteiger charge is 2.20. The molecule has 0 amide bonds. The molecule has 2 N–H and O–H groups in total. The Hall–Kier alpha value is -1.10. The summed E-state index contributed by atoms with van der Waals surface area (Å²) in [5, 5.41) is 12.3. The molecule has 4 nitrogen and oxygen atoms in total. The number of nitrogens with one attached hydrogen (secondary N) is 1. The van der Waals surface area contributed by atoms with Crippen LogP contribution in [0.5, 0.6) is 5.75 Å². The van der Waals surface area contributed by atoms with Gasteiger partial charge in [0, 0.05) is 18.2 Å². The molecule has 0 saturated heterocycles. The minimum atomic E-state index is 0.0960. The Morgan fingerprint density at radius 3 is 3.00 bits per heavy atom. The van der Waals surface area contributed by atoms with Gasteiger partial charge in [-0.2, -0.15) is 0 Å². The monoisotopic (exact) mass is 307 g/mol. The second kappa shape index (κ2) is 9.13. The SMILES string of the molecule is CC(C)c1ccc2c(c1)C(NCCCOCCO)CCCO2. The van der Waals surface area contributed by atoms with E-state index in [2.05, 4.69) is 37.4 Å². The van der Waals surface area contributed by atoms with Crippen molar-refractivity contribution >= 4 is 0 Å². The molecule has 1 unspecified atom stereocenters. The Morgan fingerprint density at radius 1 is 1.36 bits per heavy atom. The maximum atomic E-state index is 8.68. The minimum absolute atomic E-state index is 0.0960. The van der Waals surface area contributed by atoms with Gasteiger partial charge in [-0.1, -0.05) is 26.0 Å². The van der Waals surface area contributed by atoms with Gasteiger partial charge >= 0.3 is 0 Å².